The van der Waals surface area contributed by atoms with Crippen molar-refractivity contribution >= 4 is 46.1 Å². The molecule has 1 aromatic carbocycles. The lowest BCUT2D eigenvalue weighted by atomic mass is 10.1. The Bertz CT molecular complexity index is 803. The van der Waals surface area contributed by atoms with Crippen LogP contribution in [0, 0.1) is 10.1 Å². The van der Waals surface area contributed by atoms with E-state index in [1.54, 1.807) is 31.1 Å². The first-order valence-electron chi connectivity index (χ1n) is 6.71. The lowest BCUT2D eigenvalue weighted by Gasteiger charge is -2.13. The van der Waals surface area contributed by atoms with Gasteiger partial charge in [-0.3, -0.25) is 14.9 Å². The van der Waals surface area contributed by atoms with Crippen LogP contribution in [0.3, 0.4) is 0 Å². The molecule has 0 unspecified atom stereocenters. The van der Waals surface area contributed by atoms with Gasteiger partial charge >= 0.3 is 5.97 Å². The number of halogens is 1. The molecule has 0 aliphatic rings. The Hall–Kier alpha value is -2.45. The van der Waals surface area contributed by atoms with Gasteiger partial charge in [0.15, 0.2) is 6.61 Å². The Morgan fingerprint density at radius 2 is 2.00 bits per heavy atom. The second-order valence-corrected chi connectivity index (χ2v) is 6.67. The molecule has 126 valence electrons. The fourth-order valence-corrected chi connectivity index (χ4v) is 2.89. The van der Waals surface area contributed by atoms with Crippen molar-refractivity contribution in [2.75, 3.05) is 25.6 Å². The monoisotopic (exact) mass is 368 g/mol. The quantitative estimate of drug-likeness (QED) is 0.336. The Morgan fingerprint density at radius 1 is 1.29 bits per heavy atom. The van der Waals surface area contributed by atoms with Crippen LogP contribution in [0.25, 0.3) is 0 Å². The lowest BCUT2D eigenvalue weighted by Crippen LogP contribution is -2.15. The maximum absolute atomic E-state index is 12.0. The molecule has 9 heteroatoms. The molecule has 0 aliphatic heterocycles. The average molecular weight is 369 g/mol. The van der Waals surface area contributed by atoms with Crippen molar-refractivity contribution in [3.8, 4) is 0 Å². The van der Waals surface area contributed by atoms with E-state index in [9.17, 15) is 19.7 Å². The van der Waals surface area contributed by atoms with Crippen LogP contribution in [-0.2, 0) is 4.74 Å². The number of carbonyl (C=O) groups is 2. The molecule has 0 amide bonds. The minimum absolute atomic E-state index is 0.00399. The summed E-state index contributed by atoms with van der Waals surface area (Å²) in [6.07, 6.45) is 0. The first-order chi connectivity index (χ1) is 11.3. The minimum atomic E-state index is -0.806. The second-order valence-electron chi connectivity index (χ2n) is 4.96. The van der Waals surface area contributed by atoms with Crippen LogP contribution in [0.5, 0.6) is 0 Å². The summed E-state index contributed by atoms with van der Waals surface area (Å²) in [6, 6.07) is 7.11. The zero-order valence-corrected chi connectivity index (χ0v) is 14.4. The number of thiophene rings is 1. The lowest BCUT2D eigenvalue weighted by molar-refractivity contribution is -0.384. The smallest absolute Gasteiger partial charge is 0.338 e. The molecule has 0 atom stereocenters. The highest BCUT2D eigenvalue weighted by Gasteiger charge is 2.20. The summed E-state index contributed by atoms with van der Waals surface area (Å²) >= 11 is 6.83. The van der Waals surface area contributed by atoms with Gasteiger partial charge in [0.1, 0.15) is 5.69 Å². The number of nitrogens with zero attached hydrogens (tertiary/aromatic N) is 2. The van der Waals surface area contributed by atoms with E-state index in [0.29, 0.717) is 14.9 Å². The van der Waals surface area contributed by atoms with E-state index in [2.05, 4.69) is 0 Å². The van der Waals surface area contributed by atoms with Gasteiger partial charge in [-0.05, 0) is 24.3 Å². The zero-order valence-electron chi connectivity index (χ0n) is 12.8. The molecule has 0 spiro atoms. The van der Waals surface area contributed by atoms with Crippen LogP contribution >= 0.6 is 22.9 Å². The number of nitro groups is 1. The predicted molar refractivity (Wildman–Crippen MR) is 91.4 cm³/mol. The molecule has 0 bridgehead atoms. The van der Waals surface area contributed by atoms with Crippen molar-refractivity contribution in [2.24, 2.45) is 0 Å². The fourth-order valence-electron chi connectivity index (χ4n) is 1.92. The first kappa shape index (κ1) is 17.9. The van der Waals surface area contributed by atoms with Crippen molar-refractivity contribution in [1.82, 2.24) is 0 Å². The molecule has 0 fully saturated rings. The molecule has 2 aromatic rings. The maximum atomic E-state index is 12.0. The fraction of sp³-hybridized carbons (Fsp3) is 0.200. The number of nitro benzene ring substituents is 1. The van der Waals surface area contributed by atoms with Gasteiger partial charge in [-0.2, -0.15) is 0 Å². The summed E-state index contributed by atoms with van der Waals surface area (Å²) in [6.45, 7) is -0.459. The molecule has 1 heterocycles. The van der Waals surface area contributed by atoms with Gasteiger partial charge in [-0.15, -0.1) is 11.3 Å². The molecule has 0 saturated carbocycles. The van der Waals surface area contributed by atoms with E-state index in [-0.39, 0.29) is 17.0 Å². The van der Waals surface area contributed by atoms with Gasteiger partial charge < -0.3 is 9.64 Å². The van der Waals surface area contributed by atoms with Gasteiger partial charge in [0.25, 0.3) is 5.69 Å². The van der Waals surface area contributed by atoms with E-state index >= 15 is 0 Å². The third kappa shape index (κ3) is 4.09. The Morgan fingerprint density at radius 3 is 2.54 bits per heavy atom. The molecule has 0 radical (unpaired) electrons. The maximum Gasteiger partial charge on any atom is 0.338 e. The molecule has 7 nitrogen and oxygen atoms in total. The highest BCUT2D eigenvalue weighted by atomic mass is 35.5. The van der Waals surface area contributed by atoms with Crippen LogP contribution in [0.1, 0.15) is 20.0 Å². The van der Waals surface area contributed by atoms with E-state index in [1.165, 1.54) is 12.1 Å². The highest BCUT2D eigenvalue weighted by molar-refractivity contribution is 7.18. The Labute approximate surface area is 146 Å². The van der Waals surface area contributed by atoms with Crippen molar-refractivity contribution in [2.45, 2.75) is 0 Å². The largest absolute Gasteiger partial charge is 0.454 e. The number of anilines is 1. The number of esters is 1. The van der Waals surface area contributed by atoms with E-state index in [4.69, 9.17) is 16.3 Å². The topological polar surface area (TPSA) is 89.8 Å². The van der Waals surface area contributed by atoms with Crippen molar-refractivity contribution in [3.05, 3.63) is 55.2 Å². The number of hydrogen-bond donors (Lipinski definition) is 0. The Kier molecular flexibility index (Phi) is 5.53. The number of benzene rings is 1. The summed E-state index contributed by atoms with van der Waals surface area (Å²) < 4.78 is 5.39. The third-order valence-corrected chi connectivity index (χ3v) is 4.34. The van der Waals surface area contributed by atoms with E-state index < -0.39 is 17.5 Å². The van der Waals surface area contributed by atoms with Gasteiger partial charge in [0, 0.05) is 20.2 Å². The van der Waals surface area contributed by atoms with E-state index in [0.717, 1.165) is 17.4 Å². The standard InChI is InChI=1S/C15H13ClN2O5S/c1-17(2)10-4-3-9(7-11(10)18(21)22)15(20)23-8-12(19)13-5-6-14(16)24-13/h3-7H,8H2,1-2H3. The number of Topliss-reactive ketones (excluding diaryl/α,β-unsaturated/α-hetero) is 1. The summed E-state index contributed by atoms with van der Waals surface area (Å²) in [5.74, 6) is -1.20. The molecule has 0 aliphatic carbocycles. The molecule has 0 N–H and O–H groups in total. The SMILES string of the molecule is CN(C)c1ccc(C(=O)OCC(=O)c2ccc(Cl)s2)cc1[N+](=O)[O-]. The van der Waals surface area contributed by atoms with Gasteiger partial charge in [-0.25, -0.2) is 4.79 Å². The highest BCUT2D eigenvalue weighted by Crippen LogP contribution is 2.28. The molecular weight excluding hydrogens is 356 g/mol. The number of rotatable bonds is 6. The molecule has 24 heavy (non-hydrogen) atoms. The minimum Gasteiger partial charge on any atom is -0.454 e. The van der Waals surface area contributed by atoms with E-state index in [1.807, 2.05) is 0 Å². The van der Waals surface area contributed by atoms with Crippen LogP contribution in [0.4, 0.5) is 11.4 Å². The zero-order chi connectivity index (χ0) is 17.9. The molecule has 0 saturated heterocycles. The number of carbonyl (C=O) groups excluding carboxylic acids is 2. The van der Waals surface area contributed by atoms with Gasteiger partial charge in [0.2, 0.25) is 5.78 Å². The van der Waals surface area contributed by atoms with Crippen LogP contribution in [-0.4, -0.2) is 37.4 Å². The molecule has 2 rings (SSSR count). The predicted octanol–water partition coefficient (Wildman–Crippen LogP) is 3.42. The van der Waals surface area contributed by atoms with Crippen molar-refractivity contribution in [3.63, 3.8) is 0 Å². The van der Waals surface area contributed by atoms with Crippen molar-refractivity contribution in [1.29, 1.82) is 0 Å². The summed E-state index contributed by atoms with van der Waals surface area (Å²) in [5.41, 5.74) is 0.149. The first-order valence-corrected chi connectivity index (χ1v) is 7.90. The van der Waals surface area contributed by atoms with Gasteiger partial charge in [-0.1, -0.05) is 11.6 Å². The summed E-state index contributed by atoms with van der Waals surface area (Å²) in [5, 5.41) is 11.1. The summed E-state index contributed by atoms with van der Waals surface area (Å²) in [4.78, 5) is 36.4. The number of ether oxygens (including phenoxy) is 1. The van der Waals surface area contributed by atoms with Crippen LogP contribution < -0.4 is 4.90 Å². The van der Waals surface area contributed by atoms with Gasteiger partial charge in [0.05, 0.1) is 19.7 Å². The second kappa shape index (κ2) is 7.41. The van der Waals surface area contributed by atoms with Crippen molar-refractivity contribution < 1.29 is 19.2 Å². The number of ketones is 1. The Balaban J connectivity index is 2.11. The van der Waals surface area contributed by atoms with Crippen LogP contribution in [0.15, 0.2) is 30.3 Å². The summed E-state index contributed by atoms with van der Waals surface area (Å²) in [7, 11) is 3.32. The molecular formula is C15H13ClN2O5S. The average Bonchev–Trinajstić information content (AvgIpc) is 2.98. The number of hydrogen-bond acceptors (Lipinski definition) is 7. The third-order valence-electron chi connectivity index (χ3n) is 3.07. The normalized spacial score (nSPS) is 10.3. The van der Waals surface area contributed by atoms with Crippen LogP contribution in [0.2, 0.25) is 4.34 Å². The molecule has 1 aromatic heterocycles.